The molecule has 2 rings (SSSR count). The first kappa shape index (κ1) is 8.06. The van der Waals surface area contributed by atoms with Gasteiger partial charge in [-0.1, -0.05) is 0 Å². The first-order valence-electron chi connectivity index (χ1n) is 3.61. The lowest BCUT2D eigenvalue weighted by Gasteiger charge is -1.95. The smallest absolute Gasteiger partial charge is 0.181 e. The Morgan fingerprint density at radius 3 is 2.77 bits per heavy atom. The van der Waals surface area contributed by atoms with Crippen molar-refractivity contribution in [2.45, 2.75) is 6.92 Å². The van der Waals surface area contributed by atoms with Gasteiger partial charge in [0.1, 0.15) is 11.4 Å². The molecule has 0 spiro atoms. The van der Waals surface area contributed by atoms with Crippen LogP contribution in [0.25, 0.3) is 5.69 Å². The van der Waals surface area contributed by atoms with Gasteiger partial charge in [0.05, 0.1) is 12.4 Å². The second-order valence-electron chi connectivity index (χ2n) is 2.42. The highest BCUT2D eigenvalue weighted by Gasteiger charge is 2.12. The number of hydrogen-bond donors (Lipinski definition) is 0. The van der Waals surface area contributed by atoms with Crippen molar-refractivity contribution in [3.8, 4) is 5.69 Å². The maximum absolute atomic E-state index is 11.1. The summed E-state index contributed by atoms with van der Waals surface area (Å²) in [7, 11) is 0. The van der Waals surface area contributed by atoms with Gasteiger partial charge in [0.15, 0.2) is 5.78 Å². The van der Waals surface area contributed by atoms with Gasteiger partial charge in [-0.05, 0) is 11.5 Å². The first-order valence-corrected chi connectivity index (χ1v) is 4.44. The lowest BCUT2D eigenvalue weighted by atomic mass is 10.3. The Morgan fingerprint density at radius 1 is 1.46 bits per heavy atom. The van der Waals surface area contributed by atoms with Crippen molar-refractivity contribution >= 4 is 17.3 Å². The first-order chi connectivity index (χ1) is 6.29. The zero-order chi connectivity index (χ0) is 9.26. The molecule has 0 aliphatic rings. The van der Waals surface area contributed by atoms with Crippen LogP contribution in [0.5, 0.6) is 0 Å². The fourth-order valence-corrected chi connectivity index (χ4v) is 1.64. The summed E-state index contributed by atoms with van der Waals surface area (Å²) in [6.07, 6.45) is 3.11. The minimum Gasteiger partial charge on any atom is -0.293 e. The zero-order valence-electron chi connectivity index (χ0n) is 6.84. The van der Waals surface area contributed by atoms with E-state index in [1.807, 2.05) is 0 Å². The number of rotatable bonds is 2. The highest BCUT2D eigenvalue weighted by Crippen LogP contribution is 2.14. The summed E-state index contributed by atoms with van der Waals surface area (Å²) < 4.78 is 3.96. The fourth-order valence-electron chi connectivity index (χ4n) is 0.958. The second-order valence-corrected chi connectivity index (χ2v) is 3.05. The molecule has 0 bridgehead atoms. The molecule has 0 saturated heterocycles. The SMILES string of the molecule is CC(=O)c1nscc1-n1nccn1. The van der Waals surface area contributed by atoms with Gasteiger partial charge in [0.2, 0.25) is 0 Å². The number of hydrogen-bond acceptors (Lipinski definition) is 5. The third kappa shape index (κ3) is 1.35. The van der Waals surface area contributed by atoms with Crippen LogP contribution in [0.1, 0.15) is 17.4 Å². The molecule has 0 atom stereocenters. The van der Waals surface area contributed by atoms with Crippen molar-refractivity contribution in [3.05, 3.63) is 23.5 Å². The van der Waals surface area contributed by atoms with Gasteiger partial charge < -0.3 is 0 Å². The van der Waals surface area contributed by atoms with Crippen molar-refractivity contribution < 1.29 is 4.79 Å². The van der Waals surface area contributed by atoms with E-state index in [1.54, 1.807) is 17.8 Å². The highest BCUT2D eigenvalue weighted by molar-refractivity contribution is 7.04. The van der Waals surface area contributed by atoms with E-state index in [4.69, 9.17) is 0 Å². The van der Waals surface area contributed by atoms with Crippen molar-refractivity contribution in [3.63, 3.8) is 0 Å². The average Bonchev–Trinajstić information content (AvgIpc) is 2.74. The quantitative estimate of drug-likeness (QED) is 0.667. The molecule has 0 aliphatic carbocycles. The molecule has 2 aromatic rings. The predicted molar refractivity (Wildman–Crippen MR) is 47.0 cm³/mol. The molecule has 66 valence electrons. The van der Waals surface area contributed by atoms with Crippen LogP contribution in [0.3, 0.4) is 0 Å². The summed E-state index contributed by atoms with van der Waals surface area (Å²) in [5, 5.41) is 9.59. The largest absolute Gasteiger partial charge is 0.293 e. The number of carbonyl (C=O) groups is 1. The normalized spacial score (nSPS) is 10.2. The standard InChI is InChI=1S/C7H6N4OS/c1-5(12)7-6(4-13-10-7)11-8-2-3-9-11/h2-4H,1H3. The fraction of sp³-hybridized carbons (Fsp3) is 0.143. The van der Waals surface area contributed by atoms with Gasteiger partial charge in [-0.3, -0.25) is 4.79 Å². The van der Waals surface area contributed by atoms with Crippen LogP contribution >= 0.6 is 11.5 Å². The number of aromatic nitrogens is 4. The third-order valence-electron chi connectivity index (χ3n) is 1.52. The Bertz CT molecular complexity index is 419. The number of nitrogens with zero attached hydrogens (tertiary/aromatic N) is 4. The summed E-state index contributed by atoms with van der Waals surface area (Å²) in [4.78, 5) is 12.5. The second kappa shape index (κ2) is 3.06. The molecule has 0 N–H and O–H groups in total. The monoisotopic (exact) mass is 194 g/mol. The maximum Gasteiger partial charge on any atom is 0.181 e. The Kier molecular flexibility index (Phi) is 1.90. The predicted octanol–water partition coefficient (Wildman–Crippen LogP) is 0.926. The van der Waals surface area contributed by atoms with Crippen LogP contribution in [0.4, 0.5) is 0 Å². The molecule has 0 fully saturated rings. The van der Waals surface area contributed by atoms with E-state index in [9.17, 15) is 4.79 Å². The van der Waals surface area contributed by atoms with Crippen molar-refractivity contribution in [2.24, 2.45) is 0 Å². The Hall–Kier alpha value is -1.56. The molecule has 2 aromatic heterocycles. The van der Waals surface area contributed by atoms with Crippen molar-refractivity contribution in [1.82, 2.24) is 19.4 Å². The number of Topliss-reactive ketones (excluding diaryl/α,β-unsaturated/α-hetero) is 1. The van der Waals surface area contributed by atoms with Gasteiger partial charge in [-0.2, -0.15) is 14.6 Å². The van der Waals surface area contributed by atoms with Gasteiger partial charge in [-0.15, -0.1) is 4.80 Å². The van der Waals surface area contributed by atoms with E-state index < -0.39 is 0 Å². The van der Waals surface area contributed by atoms with Crippen LogP contribution in [0, 0.1) is 0 Å². The lowest BCUT2D eigenvalue weighted by Crippen LogP contribution is -2.04. The molecule has 0 aliphatic heterocycles. The van der Waals surface area contributed by atoms with Crippen LogP contribution in [-0.2, 0) is 0 Å². The highest BCUT2D eigenvalue weighted by atomic mass is 32.1. The molecule has 2 heterocycles. The maximum atomic E-state index is 11.1. The Balaban J connectivity index is 2.52. The van der Waals surface area contributed by atoms with Crippen molar-refractivity contribution in [2.75, 3.05) is 0 Å². The van der Waals surface area contributed by atoms with Crippen LogP contribution in [0.15, 0.2) is 17.8 Å². The van der Waals surface area contributed by atoms with E-state index in [0.29, 0.717) is 11.4 Å². The number of ketones is 1. The Labute approximate surface area is 78.2 Å². The molecule has 0 aromatic carbocycles. The lowest BCUT2D eigenvalue weighted by molar-refractivity contribution is 0.101. The molecule has 0 saturated carbocycles. The summed E-state index contributed by atoms with van der Waals surface area (Å²) >= 11 is 1.22. The van der Waals surface area contributed by atoms with Crippen LogP contribution in [-0.4, -0.2) is 25.2 Å². The molecule has 5 nitrogen and oxygen atoms in total. The minimum absolute atomic E-state index is 0.0754. The molecule has 13 heavy (non-hydrogen) atoms. The van der Waals surface area contributed by atoms with Gasteiger partial charge in [0, 0.05) is 12.3 Å². The molecule has 6 heteroatoms. The molecular formula is C7H6N4OS. The van der Waals surface area contributed by atoms with E-state index in [2.05, 4.69) is 14.6 Å². The third-order valence-corrected chi connectivity index (χ3v) is 2.14. The molecule has 0 amide bonds. The number of carbonyl (C=O) groups excluding carboxylic acids is 1. The zero-order valence-corrected chi connectivity index (χ0v) is 7.65. The summed E-state index contributed by atoms with van der Waals surface area (Å²) in [5.74, 6) is -0.0754. The van der Waals surface area contributed by atoms with Gasteiger partial charge in [0.25, 0.3) is 0 Å². The van der Waals surface area contributed by atoms with Crippen LogP contribution in [0.2, 0.25) is 0 Å². The Morgan fingerprint density at radius 2 is 2.15 bits per heavy atom. The van der Waals surface area contributed by atoms with E-state index >= 15 is 0 Å². The van der Waals surface area contributed by atoms with Crippen molar-refractivity contribution in [1.29, 1.82) is 0 Å². The molecule has 0 radical (unpaired) electrons. The summed E-state index contributed by atoms with van der Waals surface area (Å²) in [6.45, 7) is 1.47. The molecular weight excluding hydrogens is 188 g/mol. The minimum atomic E-state index is -0.0754. The van der Waals surface area contributed by atoms with Crippen LogP contribution < -0.4 is 0 Å². The topological polar surface area (TPSA) is 60.7 Å². The summed E-state index contributed by atoms with van der Waals surface area (Å²) in [5.41, 5.74) is 1.06. The van der Waals surface area contributed by atoms with E-state index in [-0.39, 0.29) is 5.78 Å². The van der Waals surface area contributed by atoms with E-state index in [0.717, 1.165) is 0 Å². The summed E-state index contributed by atoms with van der Waals surface area (Å²) in [6, 6.07) is 0. The molecule has 0 unspecified atom stereocenters. The van der Waals surface area contributed by atoms with E-state index in [1.165, 1.54) is 23.3 Å². The van der Waals surface area contributed by atoms with Gasteiger partial charge >= 0.3 is 0 Å². The van der Waals surface area contributed by atoms with Gasteiger partial charge in [-0.25, -0.2) is 0 Å². The average molecular weight is 194 g/mol.